The minimum Gasteiger partial charge on any atom is -0.330 e. The van der Waals surface area contributed by atoms with E-state index in [1.165, 1.54) is 5.56 Å². The molecule has 102 valence electrons. The van der Waals surface area contributed by atoms with Crippen LogP contribution >= 0.6 is 0 Å². The fourth-order valence-electron chi connectivity index (χ4n) is 2.38. The quantitative estimate of drug-likeness (QED) is 0.781. The molecule has 0 atom stereocenters. The van der Waals surface area contributed by atoms with E-state index in [0.717, 1.165) is 28.7 Å². The second kappa shape index (κ2) is 5.38. The van der Waals surface area contributed by atoms with E-state index in [0.29, 0.717) is 13.1 Å². The van der Waals surface area contributed by atoms with Gasteiger partial charge in [-0.2, -0.15) is 0 Å². The van der Waals surface area contributed by atoms with Gasteiger partial charge in [-0.1, -0.05) is 23.4 Å². The molecular weight excluding hydrogens is 250 g/mol. The smallest absolute Gasteiger partial charge is 0.0839 e. The van der Waals surface area contributed by atoms with E-state index in [2.05, 4.69) is 27.4 Å². The van der Waals surface area contributed by atoms with Crippen molar-refractivity contribution in [2.24, 2.45) is 5.73 Å². The van der Waals surface area contributed by atoms with Crippen LogP contribution in [0.2, 0.25) is 0 Å². The van der Waals surface area contributed by atoms with Crippen LogP contribution < -0.4 is 5.73 Å². The van der Waals surface area contributed by atoms with Crippen LogP contribution in [0, 0.1) is 6.92 Å². The second-order valence-electron chi connectivity index (χ2n) is 4.89. The third kappa shape index (κ3) is 2.53. The summed E-state index contributed by atoms with van der Waals surface area (Å²) < 4.78 is 1.85. The molecule has 1 aromatic carbocycles. The van der Waals surface area contributed by atoms with Crippen molar-refractivity contribution in [3.8, 4) is 0 Å². The Morgan fingerprint density at radius 1 is 1.25 bits per heavy atom. The average Bonchev–Trinajstić information content (AvgIpc) is 2.86. The number of aromatic nitrogens is 4. The van der Waals surface area contributed by atoms with Crippen molar-refractivity contribution in [3.63, 3.8) is 0 Å². The van der Waals surface area contributed by atoms with Crippen LogP contribution in [0.25, 0.3) is 10.9 Å². The molecule has 3 rings (SSSR count). The minimum absolute atomic E-state index is 0.593. The number of hydrogen-bond acceptors (Lipinski definition) is 4. The zero-order valence-electron chi connectivity index (χ0n) is 11.5. The molecule has 3 aromatic rings. The van der Waals surface area contributed by atoms with E-state index in [-0.39, 0.29) is 0 Å². The standard InChI is InChI=1S/C15H17N5/c1-11-8-12(14-4-2-3-5-15(14)17-11)9-20-10-13(6-7-16)18-19-20/h2-5,8,10H,6-7,9,16H2,1H3. The van der Waals surface area contributed by atoms with Crippen molar-refractivity contribution in [2.45, 2.75) is 19.9 Å². The Morgan fingerprint density at radius 3 is 2.95 bits per heavy atom. The molecule has 0 aliphatic carbocycles. The molecule has 2 N–H and O–H groups in total. The third-order valence-electron chi connectivity index (χ3n) is 3.25. The van der Waals surface area contributed by atoms with Gasteiger partial charge in [-0.15, -0.1) is 5.10 Å². The molecule has 0 saturated carbocycles. The molecule has 5 nitrogen and oxygen atoms in total. The number of para-hydroxylation sites is 1. The number of nitrogens with two attached hydrogens (primary N) is 1. The number of fused-ring (bicyclic) bond motifs is 1. The monoisotopic (exact) mass is 267 g/mol. The second-order valence-corrected chi connectivity index (χ2v) is 4.89. The topological polar surface area (TPSA) is 69.6 Å². The number of pyridine rings is 1. The first kappa shape index (κ1) is 12.7. The highest BCUT2D eigenvalue weighted by atomic mass is 15.4. The SMILES string of the molecule is Cc1cc(Cn2cc(CCN)nn2)c2ccccc2n1. The summed E-state index contributed by atoms with van der Waals surface area (Å²) in [5.41, 5.74) is 9.70. The molecule has 0 aliphatic rings. The van der Waals surface area contributed by atoms with Crippen molar-refractivity contribution in [1.29, 1.82) is 0 Å². The van der Waals surface area contributed by atoms with E-state index in [1.807, 2.05) is 36.0 Å². The Labute approximate surface area is 117 Å². The highest BCUT2D eigenvalue weighted by Gasteiger charge is 2.06. The van der Waals surface area contributed by atoms with Crippen LogP contribution in [-0.4, -0.2) is 26.5 Å². The molecule has 0 saturated heterocycles. The number of aryl methyl sites for hydroxylation is 1. The van der Waals surface area contributed by atoms with E-state index in [9.17, 15) is 0 Å². The molecule has 5 heteroatoms. The normalized spacial score (nSPS) is 11.1. The summed E-state index contributed by atoms with van der Waals surface area (Å²) in [4.78, 5) is 4.55. The van der Waals surface area contributed by atoms with E-state index in [4.69, 9.17) is 5.73 Å². The lowest BCUT2D eigenvalue weighted by atomic mass is 10.1. The Balaban J connectivity index is 1.97. The van der Waals surface area contributed by atoms with E-state index >= 15 is 0 Å². The molecule has 0 bridgehead atoms. The molecule has 0 spiro atoms. The van der Waals surface area contributed by atoms with Gasteiger partial charge in [0.2, 0.25) is 0 Å². The van der Waals surface area contributed by atoms with Crippen LogP contribution in [0.5, 0.6) is 0 Å². The van der Waals surface area contributed by atoms with Crippen LogP contribution in [0.3, 0.4) is 0 Å². The van der Waals surface area contributed by atoms with Gasteiger partial charge in [-0.05, 0) is 31.2 Å². The number of nitrogens with zero attached hydrogens (tertiary/aromatic N) is 4. The molecule has 0 amide bonds. The first-order valence-corrected chi connectivity index (χ1v) is 6.70. The molecule has 0 radical (unpaired) electrons. The van der Waals surface area contributed by atoms with Crippen LogP contribution in [0.1, 0.15) is 17.0 Å². The summed E-state index contributed by atoms with van der Waals surface area (Å²) >= 11 is 0. The van der Waals surface area contributed by atoms with Gasteiger partial charge in [-0.25, -0.2) is 4.68 Å². The Hall–Kier alpha value is -2.27. The van der Waals surface area contributed by atoms with Gasteiger partial charge in [0.1, 0.15) is 0 Å². The summed E-state index contributed by atoms with van der Waals surface area (Å²) in [7, 11) is 0. The molecule has 2 aromatic heterocycles. The minimum atomic E-state index is 0.593. The van der Waals surface area contributed by atoms with Crippen LogP contribution in [-0.2, 0) is 13.0 Å². The lowest BCUT2D eigenvalue weighted by Gasteiger charge is -2.07. The highest BCUT2D eigenvalue weighted by molar-refractivity contribution is 5.82. The Kier molecular flexibility index (Phi) is 3.43. The predicted molar refractivity (Wildman–Crippen MR) is 78.4 cm³/mol. The fraction of sp³-hybridized carbons (Fsp3) is 0.267. The zero-order chi connectivity index (χ0) is 13.9. The van der Waals surface area contributed by atoms with Crippen molar-refractivity contribution >= 4 is 10.9 Å². The summed E-state index contributed by atoms with van der Waals surface area (Å²) in [6.07, 6.45) is 2.72. The van der Waals surface area contributed by atoms with Gasteiger partial charge >= 0.3 is 0 Å². The first-order valence-electron chi connectivity index (χ1n) is 6.70. The molecule has 2 heterocycles. The fourth-order valence-corrected chi connectivity index (χ4v) is 2.38. The largest absolute Gasteiger partial charge is 0.330 e. The Bertz CT molecular complexity index is 732. The highest BCUT2D eigenvalue weighted by Crippen LogP contribution is 2.19. The summed E-state index contributed by atoms with van der Waals surface area (Å²) in [6, 6.07) is 10.3. The third-order valence-corrected chi connectivity index (χ3v) is 3.25. The molecule has 20 heavy (non-hydrogen) atoms. The lowest BCUT2D eigenvalue weighted by molar-refractivity contribution is 0.651. The number of benzene rings is 1. The first-order chi connectivity index (χ1) is 9.76. The zero-order valence-corrected chi connectivity index (χ0v) is 11.5. The predicted octanol–water partition coefficient (Wildman–Crippen LogP) is 1.68. The molecular formula is C15H17N5. The summed E-state index contributed by atoms with van der Waals surface area (Å²) in [6.45, 7) is 3.30. The summed E-state index contributed by atoms with van der Waals surface area (Å²) in [5.74, 6) is 0. The number of rotatable bonds is 4. The van der Waals surface area contributed by atoms with Crippen molar-refractivity contribution in [2.75, 3.05) is 6.54 Å². The van der Waals surface area contributed by atoms with Gasteiger partial charge in [0.25, 0.3) is 0 Å². The van der Waals surface area contributed by atoms with Gasteiger partial charge in [0, 0.05) is 23.7 Å². The lowest BCUT2D eigenvalue weighted by Crippen LogP contribution is -2.03. The van der Waals surface area contributed by atoms with Crippen LogP contribution in [0.4, 0.5) is 0 Å². The maximum atomic E-state index is 5.53. The van der Waals surface area contributed by atoms with Gasteiger partial charge in [0.15, 0.2) is 0 Å². The average molecular weight is 267 g/mol. The summed E-state index contributed by atoms with van der Waals surface area (Å²) in [5, 5.41) is 9.44. The van der Waals surface area contributed by atoms with Gasteiger partial charge < -0.3 is 5.73 Å². The maximum absolute atomic E-state index is 5.53. The molecule has 0 fully saturated rings. The van der Waals surface area contributed by atoms with Crippen molar-refractivity contribution < 1.29 is 0 Å². The van der Waals surface area contributed by atoms with Crippen molar-refractivity contribution in [1.82, 2.24) is 20.0 Å². The molecule has 0 aliphatic heterocycles. The Morgan fingerprint density at radius 2 is 2.10 bits per heavy atom. The van der Waals surface area contributed by atoms with Gasteiger partial charge in [-0.3, -0.25) is 4.98 Å². The van der Waals surface area contributed by atoms with E-state index < -0.39 is 0 Å². The van der Waals surface area contributed by atoms with Crippen LogP contribution in [0.15, 0.2) is 36.5 Å². The van der Waals surface area contributed by atoms with Gasteiger partial charge in [0.05, 0.1) is 17.8 Å². The molecule has 0 unspecified atom stereocenters. The number of hydrogen-bond donors (Lipinski definition) is 1. The van der Waals surface area contributed by atoms with Crippen molar-refractivity contribution in [3.05, 3.63) is 53.5 Å². The van der Waals surface area contributed by atoms with E-state index in [1.54, 1.807) is 0 Å². The maximum Gasteiger partial charge on any atom is 0.0839 e.